The van der Waals surface area contributed by atoms with E-state index in [0.29, 0.717) is 28.2 Å². The van der Waals surface area contributed by atoms with Gasteiger partial charge < -0.3 is 16.0 Å². The Morgan fingerprint density at radius 3 is 2.29 bits per heavy atom. The van der Waals surface area contributed by atoms with Gasteiger partial charge >= 0.3 is 0 Å². The minimum Gasteiger partial charge on any atom is -0.340 e. The fourth-order valence-electron chi connectivity index (χ4n) is 3.37. The Bertz CT molecular complexity index is 1450. The molecule has 0 atom stereocenters. The maximum Gasteiger partial charge on any atom is 0.284 e. The van der Waals surface area contributed by atoms with Gasteiger partial charge in [-0.25, -0.2) is 19.9 Å². The highest BCUT2D eigenvalue weighted by Gasteiger charge is 2.12. The first-order chi connectivity index (χ1) is 16.5. The van der Waals surface area contributed by atoms with E-state index in [1.807, 2.05) is 80.6 Å². The highest BCUT2D eigenvalue weighted by atomic mass is 32.1. The number of aryl methyl sites for hydroxylation is 2. The lowest BCUT2D eigenvalue weighted by atomic mass is 10.2. The van der Waals surface area contributed by atoms with Gasteiger partial charge in [-0.05, 0) is 67.9 Å². The molecule has 0 aliphatic heterocycles. The zero-order valence-corrected chi connectivity index (χ0v) is 19.4. The number of thiazole rings is 1. The van der Waals surface area contributed by atoms with E-state index in [-0.39, 0.29) is 5.91 Å². The normalized spacial score (nSPS) is 10.8. The van der Waals surface area contributed by atoms with Gasteiger partial charge in [-0.2, -0.15) is 0 Å². The minimum absolute atomic E-state index is 0.228. The monoisotopic (exact) mass is 467 g/mol. The van der Waals surface area contributed by atoms with Crippen molar-refractivity contribution >= 4 is 56.3 Å². The minimum atomic E-state index is -0.228. The lowest BCUT2D eigenvalue weighted by Gasteiger charge is -2.11. The molecule has 0 aliphatic rings. The number of amides is 1. The molecule has 0 bridgehead atoms. The van der Waals surface area contributed by atoms with Gasteiger partial charge in [-0.3, -0.25) is 4.79 Å². The van der Waals surface area contributed by atoms with E-state index in [4.69, 9.17) is 0 Å². The Kier molecular flexibility index (Phi) is 5.84. The van der Waals surface area contributed by atoms with Crippen LogP contribution in [0.25, 0.3) is 10.2 Å². The summed E-state index contributed by atoms with van der Waals surface area (Å²) in [6, 6.07) is 20.8. The average molecular weight is 468 g/mol. The molecule has 9 heteroatoms. The summed E-state index contributed by atoms with van der Waals surface area (Å²) in [5.74, 6) is 2.41. The molecule has 3 heterocycles. The largest absolute Gasteiger partial charge is 0.340 e. The van der Waals surface area contributed by atoms with Crippen molar-refractivity contribution in [2.75, 3.05) is 16.0 Å². The third-order valence-corrected chi connectivity index (χ3v) is 5.95. The van der Waals surface area contributed by atoms with Crippen molar-refractivity contribution in [3.63, 3.8) is 0 Å². The van der Waals surface area contributed by atoms with Gasteiger partial charge in [0.25, 0.3) is 5.91 Å². The second-order valence-electron chi connectivity index (χ2n) is 7.67. The van der Waals surface area contributed by atoms with Crippen molar-refractivity contribution in [1.82, 2.24) is 19.9 Å². The molecule has 3 aromatic heterocycles. The lowest BCUT2D eigenvalue weighted by molar-refractivity contribution is 0.102. The van der Waals surface area contributed by atoms with Crippen molar-refractivity contribution in [1.29, 1.82) is 0 Å². The van der Waals surface area contributed by atoms with Crippen LogP contribution in [0.15, 0.2) is 72.9 Å². The SMILES string of the molecule is Cc1ccnc(Nc2cc(Nc3ccc(NC(=O)c4nc5ccccc5s4)cc3)nc(C)n2)c1. The van der Waals surface area contributed by atoms with Crippen molar-refractivity contribution in [3.8, 4) is 0 Å². The Labute approximate surface area is 200 Å². The summed E-state index contributed by atoms with van der Waals surface area (Å²) >= 11 is 1.37. The molecule has 34 heavy (non-hydrogen) atoms. The quantitative estimate of drug-likeness (QED) is 0.288. The molecule has 1 amide bonds. The van der Waals surface area contributed by atoms with Crippen LogP contribution in [0.5, 0.6) is 0 Å². The maximum atomic E-state index is 12.6. The van der Waals surface area contributed by atoms with E-state index in [1.165, 1.54) is 11.3 Å². The molecule has 5 rings (SSSR count). The lowest BCUT2D eigenvalue weighted by Crippen LogP contribution is -2.11. The molecule has 0 saturated carbocycles. The molecule has 8 nitrogen and oxygen atoms in total. The predicted molar refractivity (Wildman–Crippen MR) is 136 cm³/mol. The van der Waals surface area contributed by atoms with E-state index in [1.54, 1.807) is 6.20 Å². The summed E-state index contributed by atoms with van der Waals surface area (Å²) in [4.78, 5) is 30.2. The van der Waals surface area contributed by atoms with Crippen molar-refractivity contribution in [2.45, 2.75) is 13.8 Å². The summed E-state index contributed by atoms with van der Waals surface area (Å²) in [6.07, 6.45) is 1.75. The number of anilines is 5. The second kappa shape index (κ2) is 9.24. The summed E-state index contributed by atoms with van der Waals surface area (Å²) < 4.78 is 0.986. The number of rotatable bonds is 6. The summed E-state index contributed by atoms with van der Waals surface area (Å²) in [7, 11) is 0. The van der Waals surface area contributed by atoms with Gasteiger partial charge in [-0.1, -0.05) is 12.1 Å². The molecular weight excluding hydrogens is 446 g/mol. The molecule has 0 radical (unpaired) electrons. The summed E-state index contributed by atoms with van der Waals surface area (Å²) in [5.41, 5.74) is 3.44. The zero-order valence-electron chi connectivity index (χ0n) is 18.5. The maximum absolute atomic E-state index is 12.6. The van der Waals surface area contributed by atoms with E-state index in [2.05, 4.69) is 35.9 Å². The molecular formula is C25H21N7OS. The molecule has 0 aliphatic carbocycles. The van der Waals surface area contributed by atoms with Gasteiger partial charge in [0.15, 0.2) is 5.01 Å². The van der Waals surface area contributed by atoms with Gasteiger partial charge in [0.2, 0.25) is 0 Å². The van der Waals surface area contributed by atoms with E-state index >= 15 is 0 Å². The molecule has 0 fully saturated rings. The molecule has 3 N–H and O–H groups in total. The first-order valence-electron chi connectivity index (χ1n) is 10.6. The van der Waals surface area contributed by atoms with Crippen molar-refractivity contribution < 1.29 is 4.79 Å². The molecule has 168 valence electrons. The predicted octanol–water partition coefficient (Wildman–Crippen LogP) is 5.84. The number of carbonyl (C=O) groups is 1. The number of carbonyl (C=O) groups excluding carboxylic acids is 1. The Morgan fingerprint density at radius 2 is 1.53 bits per heavy atom. The van der Waals surface area contributed by atoms with Gasteiger partial charge in [0.05, 0.1) is 10.2 Å². The molecule has 2 aromatic carbocycles. The zero-order chi connectivity index (χ0) is 23.5. The molecule has 0 saturated heterocycles. The van der Waals surface area contributed by atoms with Crippen LogP contribution in [-0.4, -0.2) is 25.8 Å². The number of para-hydroxylation sites is 1. The number of aromatic nitrogens is 4. The molecule has 0 spiro atoms. The fraction of sp³-hybridized carbons (Fsp3) is 0.0800. The smallest absolute Gasteiger partial charge is 0.284 e. The average Bonchev–Trinajstić information content (AvgIpc) is 3.25. The Morgan fingerprint density at radius 1 is 0.794 bits per heavy atom. The van der Waals surface area contributed by atoms with E-state index in [0.717, 1.165) is 27.3 Å². The van der Waals surface area contributed by atoms with Crippen molar-refractivity contribution in [3.05, 3.63) is 89.3 Å². The third-order valence-electron chi connectivity index (χ3n) is 4.91. The van der Waals surface area contributed by atoms with Gasteiger partial charge in [0, 0.05) is 23.6 Å². The van der Waals surface area contributed by atoms with E-state index < -0.39 is 0 Å². The number of nitrogens with one attached hydrogen (secondary N) is 3. The third kappa shape index (κ3) is 5.00. The van der Waals surface area contributed by atoms with Crippen LogP contribution in [0.4, 0.5) is 28.8 Å². The Hall–Kier alpha value is -4.37. The standard InChI is InChI=1S/C25H21N7OS/c1-15-11-12-26-21(13-15)32-23-14-22(27-16(2)28-23)29-17-7-9-18(10-8-17)30-24(33)25-31-19-5-3-4-6-20(19)34-25/h3-14H,1-2H3,(H,30,33)(H2,26,27,28,29,32). The topological polar surface area (TPSA) is 105 Å². The van der Waals surface area contributed by atoms with Gasteiger partial charge in [0.1, 0.15) is 23.3 Å². The number of hydrogen-bond donors (Lipinski definition) is 3. The first-order valence-corrected chi connectivity index (χ1v) is 11.4. The second-order valence-corrected chi connectivity index (χ2v) is 8.70. The van der Waals surface area contributed by atoms with Crippen molar-refractivity contribution in [2.24, 2.45) is 0 Å². The molecule has 5 aromatic rings. The fourth-order valence-corrected chi connectivity index (χ4v) is 4.23. The number of hydrogen-bond acceptors (Lipinski definition) is 8. The van der Waals surface area contributed by atoms with Crippen LogP contribution in [-0.2, 0) is 0 Å². The summed E-state index contributed by atoms with van der Waals surface area (Å²) in [5, 5.41) is 9.82. The number of benzene rings is 2. The highest BCUT2D eigenvalue weighted by molar-refractivity contribution is 7.20. The number of fused-ring (bicyclic) bond motifs is 1. The number of pyridine rings is 1. The van der Waals surface area contributed by atoms with Crippen LogP contribution in [0.2, 0.25) is 0 Å². The highest BCUT2D eigenvalue weighted by Crippen LogP contribution is 2.24. The first kappa shape index (κ1) is 21.5. The number of nitrogens with zero attached hydrogens (tertiary/aromatic N) is 4. The van der Waals surface area contributed by atoms with E-state index in [9.17, 15) is 4.79 Å². The van der Waals surface area contributed by atoms with Crippen LogP contribution < -0.4 is 16.0 Å². The van der Waals surface area contributed by atoms with Crippen LogP contribution in [0, 0.1) is 13.8 Å². The van der Waals surface area contributed by atoms with Crippen LogP contribution >= 0.6 is 11.3 Å². The van der Waals surface area contributed by atoms with Crippen LogP contribution in [0.3, 0.4) is 0 Å². The molecule has 0 unspecified atom stereocenters. The Balaban J connectivity index is 1.26. The van der Waals surface area contributed by atoms with Crippen LogP contribution in [0.1, 0.15) is 21.2 Å². The summed E-state index contributed by atoms with van der Waals surface area (Å²) in [6.45, 7) is 3.84. The van der Waals surface area contributed by atoms with Gasteiger partial charge in [-0.15, -0.1) is 11.3 Å².